The Hall–Kier alpha value is -2.82. The average molecular weight is 323 g/mol. The molecule has 2 aromatic carbocycles. The summed E-state index contributed by atoms with van der Waals surface area (Å²) in [4.78, 5) is 24.4. The zero-order valence-electron chi connectivity index (χ0n) is 13.6. The van der Waals surface area contributed by atoms with Crippen LogP contribution in [0.25, 0.3) is 0 Å². The van der Waals surface area contributed by atoms with Gasteiger partial charge in [0.15, 0.2) is 0 Å². The van der Waals surface area contributed by atoms with Gasteiger partial charge in [0, 0.05) is 11.7 Å². The second kappa shape index (κ2) is 7.17. The van der Waals surface area contributed by atoms with E-state index < -0.39 is 0 Å². The molecule has 0 unspecified atom stereocenters. The van der Waals surface area contributed by atoms with Gasteiger partial charge in [0.1, 0.15) is 0 Å². The highest BCUT2D eigenvalue weighted by molar-refractivity contribution is 6.04. The number of para-hydroxylation sites is 1. The third kappa shape index (κ3) is 4.35. The highest BCUT2D eigenvalue weighted by Gasteiger charge is 2.24. The molecule has 2 amide bonds. The van der Waals surface area contributed by atoms with Crippen molar-refractivity contribution < 1.29 is 9.59 Å². The summed E-state index contributed by atoms with van der Waals surface area (Å²) < 4.78 is 0. The third-order valence-corrected chi connectivity index (χ3v) is 3.83. The summed E-state index contributed by atoms with van der Waals surface area (Å²) in [5, 5.41) is 8.83. The first-order chi connectivity index (χ1) is 11.6. The molecule has 0 atom stereocenters. The van der Waals surface area contributed by atoms with Crippen molar-refractivity contribution in [3.8, 4) is 0 Å². The minimum absolute atomic E-state index is 0.139. The first-order valence-electron chi connectivity index (χ1n) is 8.12. The van der Waals surface area contributed by atoms with E-state index in [1.165, 1.54) is 0 Å². The molecule has 1 aliphatic carbocycles. The molecular formula is C19H21N3O2. The lowest BCUT2D eigenvalue weighted by Gasteiger charge is -2.12. The smallest absolute Gasteiger partial charge is 0.253 e. The number of hydrogen-bond acceptors (Lipinski definition) is 3. The first-order valence-corrected chi connectivity index (χ1v) is 8.12. The zero-order valence-corrected chi connectivity index (χ0v) is 13.6. The molecular weight excluding hydrogens is 302 g/mol. The number of aryl methyl sites for hydroxylation is 1. The zero-order chi connectivity index (χ0) is 16.9. The van der Waals surface area contributed by atoms with Crippen molar-refractivity contribution >= 4 is 23.2 Å². The Balaban J connectivity index is 1.60. The van der Waals surface area contributed by atoms with Crippen LogP contribution in [-0.4, -0.2) is 24.4 Å². The number of amides is 2. The summed E-state index contributed by atoms with van der Waals surface area (Å²) >= 11 is 0. The maximum Gasteiger partial charge on any atom is 0.253 e. The highest BCUT2D eigenvalue weighted by Crippen LogP contribution is 2.21. The van der Waals surface area contributed by atoms with E-state index in [2.05, 4.69) is 16.0 Å². The van der Waals surface area contributed by atoms with Crippen LogP contribution in [-0.2, 0) is 4.79 Å². The molecule has 0 heterocycles. The quantitative estimate of drug-likeness (QED) is 0.765. The van der Waals surface area contributed by atoms with E-state index in [0.717, 1.165) is 24.1 Å². The molecule has 5 heteroatoms. The van der Waals surface area contributed by atoms with Gasteiger partial charge in [0.25, 0.3) is 5.91 Å². The van der Waals surface area contributed by atoms with Gasteiger partial charge >= 0.3 is 0 Å². The third-order valence-electron chi connectivity index (χ3n) is 3.83. The summed E-state index contributed by atoms with van der Waals surface area (Å²) in [7, 11) is 0. The van der Waals surface area contributed by atoms with Gasteiger partial charge < -0.3 is 16.0 Å². The van der Waals surface area contributed by atoms with Crippen LogP contribution in [0.15, 0.2) is 48.5 Å². The number of nitrogens with one attached hydrogen (secondary N) is 3. The molecule has 3 N–H and O–H groups in total. The van der Waals surface area contributed by atoms with Gasteiger partial charge in [-0.3, -0.25) is 9.59 Å². The summed E-state index contributed by atoms with van der Waals surface area (Å²) in [6.45, 7) is 2.14. The Morgan fingerprint density at radius 1 is 1.08 bits per heavy atom. The Morgan fingerprint density at radius 3 is 2.62 bits per heavy atom. The van der Waals surface area contributed by atoms with Crippen molar-refractivity contribution in [2.45, 2.75) is 25.8 Å². The topological polar surface area (TPSA) is 70.2 Å². The van der Waals surface area contributed by atoms with E-state index in [1.807, 2.05) is 31.2 Å². The lowest BCUT2D eigenvalue weighted by atomic mass is 10.1. The van der Waals surface area contributed by atoms with Crippen LogP contribution in [0.3, 0.4) is 0 Å². The number of rotatable bonds is 6. The number of hydrogen-bond donors (Lipinski definition) is 3. The molecule has 124 valence electrons. The number of anilines is 2. The van der Waals surface area contributed by atoms with Crippen molar-refractivity contribution in [1.29, 1.82) is 0 Å². The normalized spacial score (nSPS) is 13.2. The molecule has 1 fully saturated rings. The molecule has 0 bridgehead atoms. The Kier molecular flexibility index (Phi) is 4.79. The van der Waals surface area contributed by atoms with E-state index >= 15 is 0 Å². The van der Waals surface area contributed by atoms with Gasteiger partial charge in [-0.15, -0.1) is 0 Å². The predicted molar refractivity (Wildman–Crippen MR) is 95.2 cm³/mol. The lowest BCUT2D eigenvalue weighted by molar-refractivity contribution is -0.114. The minimum Gasteiger partial charge on any atom is -0.376 e. The molecule has 0 aromatic heterocycles. The molecule has 3 rings (SSSR count). The van der Waals surface area contributed by atoms with E-state index in [1.54, 1.807) is 24.3 Å². The Bertz CT molecular complexity index is 754. The summed E-state index contributed by atoms with van der Waals surface area (Å²) in [6, 6.07) is 15.2. The molecule has 0 saturated heterocycles. The maximum absolute atomic E-state index is 12.2. The monoisotopic (exact) mass is 323 g/mol. The fourth-order valence-electron chi connectivity index (χ4n) is 2.41. The second-order valence-corrected chi connectivity index (χ2v) is 6.06. The highest BCUT2D eigenvalue weighted by atomic mass is 16.2. The van der Waals surface area contributed by atoms with Gasteiger partial charge in [0.2, 0.25) is 5.91 Å². The van der Waals surface area contributed by atoms with E-state index in [9.17, 15) is 9.59 Å². The number of carbonyl (C=O) groups excluding carboxylic acids is 2. The Labute approximate surface area is 141 Å². The van der Waals surface area contributed by atoms with E-state index in [4.69, 9.17) is 0 Å². The van der Waals surface area contributed by atoms with Crippen LogP contribution in [0.2, 0.25) is 0 Å². The van der Waals surface area contributed by atoms with Crippen molar-refractivity contribution in [3.63, 3.8) is 0 Å². The van der Waals surface area contributed by atoms with Crippen LogP contribution in [0, 0.1) is 6.92 Å². The SMILES string of the molecule is Cc1cccc(NCC(=O)Nc2ccccc2C(=O)NC2CC2)c1. The standard InChI is InChI=1S/C19H21N3O2/c1-13-5-4-6-15(11-13)20-12-18(23)22-17-8-3-2-7-16(17)19(24)21-14-9-10-14/h2-8,11,14,20H,9-10,12H2,1H3,(H,21,24)(H,22,23). The van der Waals surface area contributed by atoms with Crippen LogP contribution in [0.5, 0.6) is 0 Å². The fourth-order valence-corrected chi connectivity index (χ4v) is 2.41. The minimum atomic E-state index is -0.192. The van der Waals surface area contributed by atoms with Gasteiger partial charge in [0.05, 0.1) is 17.8 Å². The lowest BCUT2D eigenvalue weighted by Crippen LogP contribution is -2.28. The fraction of sp³-hybridized carbons (Fsp3) is 0.263. The van der Waals surface area contributed by atoms with Gasteiger partial charge in [-0.05, 0) is 49.6 Å². The largest absolute Gasteiger partial charge is 0.376 e. The van der Waals surface area contributed by atoms with E-state index in [-0.39, 0.29) is 24.4 Å². The summed E-state index contributed by atoms with van der Waals surface area (Å²) in [6.07, 6.45) is 2.06. The van der Waals surface area contributed by atoms with Crippen molar-refractivity contribution in [1.82, 2.24) is 5.32 Å². The molecule has 5 nitrogen and oxygen atoms in total. The van der Waals surface area contributed by atoms with Gasteiger partial charge in [-0.25, -0.2) is 0 Å². The van der Waals surface area contributed by atoms with E-state index in [0.29, 0.717) is 11.3 Å². The van der Waals surface area contributed by atoms with Crippen molar-refractivity contribution in [2.75, 3.05) is 17.2 Å². The predicted octanol–water partition coefficient (Wildman–Crippen LogP) is 2.94. The molecule has 2 aromatic rings. The first kappa shape index (κ1) is 16.1. The summed E-state index contributed by atoms with van der Waals surface area (Å²) in [5.74, 6) is -0.330. The maximum atomic E-state index is 12.2. The van der Waals surface area contributed by atoms with Crippen LogP contribution in [0.4, 0.5) is 11.4 Å². The molecule has 0 aliphatic heterocycles. The molecule has 1 aliphatic rings. The van der Waals surface area contributed by atoms with Crippen LogP contribution < -0.4 is 16.0 Å². The average Bonchev–Trinajstić information content (AvgIpc) is 3.37. The molecule has 1 saturated carbocycles. The number of benzene rings is 2. The molecule has 24 heavy (non-hydrogen) atoms. The van der Waals surface area contributed by atoms with Crippen LogP contribution >= 0.6 is 0 Å². The van der Waals surface area contributed by atoms with Gasteiger partial charge in [-0.2, -0.15) is 0 Å². The number of carbonyl (C=O) groups is 2. The molecule has 0 radical (unpaired) electrons. The van der Waals surface area contributed by atoms with Crippen molar-refractivity contribution in [3.05, 3.63) is 59.7 Å². The van der Waals surface area contributed by atoms with Crippen LogP contribution in [0.1, 0.15) is 28.8 Å². The van der Waals surface area contributed by atoms with Crippen molar-refractivity contribution in [2.24, 2.45) is 0 Å². The Morgan fingerprint density at radius 2 is 1.88 bits per heavy atom. The summed E-state index contributed by atoms with van der Waals surface area (Å²) in [5.41, 5.74) is 3.05. The van der Waals surface area contributed by atoms with Gasteiger partial charge in [-0.1, -0.05) is 24.3 Å². The second-order valence-electron chi connectivity index (χ2n) is 6.06. The molecule has 0 spiro atoms.